The van der Waals surface area contributed by atoms with Gasteiger partial charge in [-0.25, -0.2) is 4.98 Å². The lowest BCUT2D eigenvalue weighted by Crippen LogP contribution is -2.35. The first-order chi connectivity index (χ1) is 11.4. The van der Waals surface area contributed by atoms with Crippen molar-refractivity contribution in [3.63, 3.8) is 0 Å². The molecule has 1 saturated heterocycles. The molecule has 0 aliphatic carbocycles. The van der Waals surface area contributed by atoms with Crippen LogP contribution < -0.4 is 0 Å². The summed E-state index contributed by atoms with van der Waals surface area (Å²) in [5, 5.41) is 9.86. The summed E-state index contributed by atoms with van der Waals surface area (Å²) in [6, 6.07) is 7.06. The molecule has 126 valence electrons. The third-order valence-corrected chi connectivity index (χ3v) is 4.57. The first-order valence-electron chi connectivity index (χ1n) is 7.59. The van der Waals surface area contributed by atoms with Crippen LogP contribution in [0.4, 0.5) is 0 Å². The molecule has 0 bridgehead atoms. The number of likely N-dealkylation sites (tertiary alicyclic amines) is 1. The summed E-state index contributed by atoms with van der Waals surface area (Å²) in [4.78, 5) is 29.5. The molecule has 1 amide bonds. The maximum absolute atomic E-state index is 12.3. The van der Waals surface area contributed by atoms with Crippen molar-refractivity contribution in [2.75, 3.05) is 13.1 Å². The van der Waals surface area contributed by atoms with E-state index in [4.69, 9.17) is 16.0 Å². The lowest BCUT2D eigenvalue weighted by atomic mass is 9.90. The smallest absolute Gasteiger partial charge is 0.311 e. The van der Waals surface area contributed by atoms with Crippen molar-refractivity contribution in [1.29, 1.82) is 0 Å². The van der Waals surface area contributed by atoms with Crippen molar-refractivity contribution in [3.8, 4) is 11.5 Å². The van der Waals surface area contributed by atoms with Gasteiger partial charge < -0.3 is 14.4 Å². The summed E-state index contributed by atoms with van der Waals surface area (Å²) in [7, 11) is 0. The number of aliphatic carboxylic acids is 1. The largest absolute Gasteiger partial charge is 0.481 e. The molecule has 1 fully saturated rings. The Bertz CT molecular complexity index is 771. The van der Waals surface area contributed by atoms with Crippen LogP contribution in [-0.4, -0.2) is 40.0 Å². The van der Waals surface area contributed by atoms with Gasteiger partial charge in [0.25, 0.3) is 0 Å². The SMILES string of the molecule is CC1(C(=O)O)CCN(C(=O)Cc2coc(-c3ccc(Cl)cc3)n2)C1. The number of carboxylic acids is 1. The van der Waals surface area contributed by atoms with Gasteiger partial charge in [-0.2, -0.15) is 0 Å². The number of hydrogen-bond donors (Lipinski definition) is 1. The summed E-state index contributed by atoms with van der Waals surface area (Å²) in [6.45, 7) is 2.34. The van der Waals surface area contributed by atoms with Crippen LogP contribution in [0.5, 0.6) is 0 Å². The van der Waals surface area contributed by atoms with Gasteiger partial charge in [-0.3, -0.25) is 9.59 Å². The van der Waals surface area contributed by atoms with Crippen LogP contribution in [0.25, 0.3) is 11.5 Å². The zero-order valence-electron chi connectivity index (χ0n) is 13.2. The molecule has 0 saturated carbocycles. The number of halogens is 1. The molecular weight excluding hydrogens is 332 g/mol. The predicted octanol–water partition coefficient (Wildman–Crippen LogP) is 2.86. The molecule has 1 aromatic heterocycles. The molecule has 1 N–H and O–H groups in total. The molecule has 0 spiro atoms. The second-order valence-electron chi connectivity index (χ2n) is 6.26. The minimum Gasteiger partial charge on any atom is -0.481 e. The van der Waals surface area contributed by atoms with E-state index in [1.165, 1.54) is 6.26 Å². The van der Waals surface area contributed by atoms with Crippen LogP contribution in [-0.2, 0) is 16.0 Å². The number of carboxylic acid groups (broad SMARTS) is 1. The van der Waals surface area contributed by atoms with E-state index in [2.05, 4.69) is 4.98 Å². The molecule has 2 heterocycles. The number of aromatic nitrogens is 1. The van der Waals surface area contributed by atoms with Gasteiger partial charge in [-0.15, -0.1) is 0 Å². The molecule has 1 aliphatic heterocycles. The van der Waals surface area contributed by atoms with Crippen LogP contribution in [0.1, 0.15) is 19.0 Å². The molecule has 3 rings (SSSR count). The fourth-order valence-electron chi connectivity index (χ4n) is 2.73. The Morgan fingerprint density at radius 3 is 2.71 bits per heavy atom. The normalized spacial score (nSPS) is 20.3. The lowest BCUT2D eigenvalue weighted by molar-refractivity contribution is -0.147. The summed E-state index contributed by atoms with van der Waals surface area (Å²) in [5.74, 6) is -0.591. The third-order valence-electron chi connectivity index (χ3n) is 4.32. The Balaban J connectivity index is 1.66. The Morgan fingerprint density at radius 1 is 1.38 bits per heavy atom. The second-order valence-corrected chi connectivity index (χ2v) is 6.70. The van der Waals surface area contributed by atoms with Crippen molar-refractivity contribution in [3.05, 3.63) is 41.2 Å². The highest BCUT2D eigenvalue weighted by Gasteiger charge is 2.42. The minimum absolute atomic E-state index is 0.0901. The van der Waals surface area contributed by atoms with E-state index in [0.29, 0.717) is 29.6 Å². The van der Waals surface area contributed by atoms with Gasteiger partial charge in [-0.05, 0) is 37.6 Å². The first kappa shape index (κ1) is 16.5. The van der Waals surface area contributed by atoms with Crippen LogP contribution in [0.15, 0.2) is 34.9 Å². The summed E-state index contributed by atoms with van der Waals surface area (Å²) in [6.07, 6.45) is 2.00. The van der Waals surface area contributed by atoms with Crippen molar-refractivity contribution in [1.82, 2.24) is 9.88 Å². The van der Waals surface area contributed by atoms with Gasteiger partial charge in [-0.1, -0.05) is 11.6 Å². The molecule has 7 heteroatoms. The topological polar surface area (TPSA) is 83.6 Å². The van der Waals surface area contributed by atoms with E-state index in [0.717, 1.165) is 5.56 Å². The van der Waals surface area contributed by atoms with Crippen LogP contribution in [0.3, 0.4) is 0 Å². The van der Waals surface area contributed by atoms with E-state index in [9.17, 15) is 14.7 Å². The van der Waals surface area contributed by atoms with Gasteiger partial charge in [0.1, 0.15) is 6.26 Å². The quantitative estimate of drug-likeness (QED) is 0.918. The van der Waals surface area contributed by atoms with Crippen LogP contribution in [0.2, 0.25) is 5.02 Å². The van der Waals surface area contributed by atoms with E-state index in [-0.39, 0.29) is 18.9 Å². The van der Waals surface area contributed by atoms with Crippen molar-refractivity contribution < 1.29 is 19.1 Å². The monoisotopic (exact) mass is 348 g/mol. The minimum atomic E-state index is -0.871. The number of hydrogen-bond acceptors (Lipinski definition) is 4. The van der Waals surface area contributed by atoms with E-state index in [1.807, 2.05) is 0 Å². The summed E-state index contributed by atoms with van der Waals surface area (Å²) in [5.41, 5.74) is 0.431. The number of benzene rings is 1. The number of nitrogens with zero attached hydrogens (tertiary/aromatic N) is 2. The number of carbonyl (C=O) groups excluding carboxylic acids is 1. The van der Waals surface area contributed by atoms with Gasteiger partial charge >= 0.3 is 5.97 Å². The standard InChI is InChI=1S/C17H17ClN2O4/c1-17(16(22)23)6-7-20(10-17)14(21)8-13-9-24-15(19-13)11-2-4-12(18)5-3-11/h2-5,9H,6-8,10H2,1H3,(H,22,23). The Morgan fingerprint density at radius 2 is 2.08 bits per heavy atom. The average Bonchev–Trinajstić information content (AvgIpc) is 3.16. The lowest BCUT2D eigenvalue weighted by Gasteiger charge is -2.19. The average molecular weight is 349 g/mol. The highest BCUT2D eigenvalue weighted by molar-refractivity contribution is 6.30. The predicted molar refractivity (Wildman–Crippen MR) is 87.6 cm³/mol. The number of carbonyl (C=O) groups is 2. The van der Waals surface area contributed by atoms with E-state index >= 15 is 0 Å². The van der Waals surface area contributed by atoms with Crippen molar-refractivity contribution in [2.24, 2.45) is 5.41 Å². The number of amides is 1. The summed E-state index contributed by atoms with van der Waals surface area (Å²) < 4.78 is 5.41. The maximum atomic E-state index is 12.3. The Hall–Kier alpha value is -2.34. The third kappa shape index (κ3) is 3.28. The van der Waals surface area contributed by atoms with Crippen molar-refractivity contribution in [2.45, 2.75) is 19.8 Å². The molecule has 6 nitrogen and oxygen atoms in total. The van der Waals surface area contributed by atoms with Crippen molar-refractivity contribution >= 4 is 23.5 Å². The highest BCUT2D eigenvalue weighted by atomic mass is 35.5. The van der Waals surface area contributed by atoms with Gasteiger partial charge in [0.05, 0.1) is 17.5 Å². The molecule has 1 atom stereocenters. The Labute approximate surface area is 144 Å². The van der Waals surface area contributed by atoms with Gasteiger partial charge in [0.2, 0.25) is 11.8 Å². The molecule has 1 unspecified atom stereocenters. The van der Waals surface area contributed by atoms with E-state index < -0.39 is 11.4 Å². The fourth-order valence-corrected chi connectivity index (χ4v) is 2.85. The molecule has 1 aliphatic rings. The molecular formula is C17H17ClN2O4. The van der Waals surface area contributed by atoms with Crippen LogP contribution in [0, 0.1) is 5.41 Å². The molecule has 2 aromatic rings. The molecule has 0 radical (unpaired) electrons. The highest BCUT2D eigenvalue weighted by Crippen LogP contribution is 2.30. The number of rotatable bonds is 4. The fraction of sp³-hybridized carbons (Fsp3) is 0.353. The Kier molecular flexibility index (Phi) is 4.32. The van der Waals surface area contributed by atoms with E-state index in [1.54, 1.807) is 36.1 Å². The summed E-state index contributed by atoms with van der Waals surface area (Å²) >= 11 is 5.85. The first-order valence-corrected chi connectivity index (χ1v) is 7.97. The van der Waals surface area contributed by atoms with Crippen LogP contribution >= 0.6 is 11.6 Å². The van der Waals surface area contributed by atoms with Gasteiger partial charge in [0.15, 0.2) is 0 Å². The second kappa shape index (κ2) is 6.28. The molecule has 1 aromatic carbocycles. The van der Waals surface area contributed by atoms with Gasteiger partial charge in [0, 0.05) is 23.7 Å². The maximum Gasteiger partial charge on any atom is 0.311 e. The number of oxazole rings is 1. The zero-order chi connectivity index (χ0) is 17.3. The molecule has 24 heavy (non-hydrogen) atoms. The zero-order valence-corrected chi connectivity index (χ0v) is 13.9.